The van der Waals surface area contributed by atoms with E-state index in [4.69, 9.17) is 12.2 Å². The van der Waals surface area contributed by atoms with Gasteiger partial charge >= 0.3 is 0 Å². The molecule has 0 spiro atoms. The molecule has 0 bridgehead atoms. The molecule has 1 heterocycles. The molecule has 1 amide bonds. The summed E-state index contributed by atoms with van der Waals surface area (Å²) in [4.78, 5) is 13.5. The van der Waals surface area contributed by atoms with Gasteiger partial charge in [-0.2, -0.15) is 0 Å². The van der Waals surface area contributed by atoms with Gasteiger partial charge in [0.15, 0.2) is 5.11 Å². The van der Waals surface area contributed by atoms with Gasteiger partial charge in [0.1, 0.15) is 5.75 Å². The van der Waals surface area contributed by atoms with Crippen LogP contribution in [0.5, 0.6) is 5.75 Å². The Morgan fingerprint density at radius 2 is 1.55 bits per heavy atom. The van der Waals surface area contributed by atoms with E-state index in [9.17, 15) is 9.90 Å². The fourth-order valence-corrected chi connectivity index (χ4v) is 4.39. The lowest BCUT2D eigenvalue weighted by Gasteiger charge is -2.33. The second-order valence-electron chi connectivity index (χ2n) is 10.8. The number of amides is 1. The molecule has 0 fully saturated rings. The van der Waals surface area contributed by atoms with Gasteiger partial charge in [-0.05, 0) is 77.3 Å². The second kappa shape index (κ2) is 8.82. The van der Waals surface area contributed by atoms with Crippen LogP contribution in [0.25, 0.3) is 0 Å². The summed E-state index contributed by atoms with van der Waals surface area (Å²) in [6.45, 7) is 16.3. The standard InChI is InChI=1S/C27H35N3O2S/c1-15-11-9-10-12-20(15)29-24(32)21-16(2)28-25(33)30-22(21)17-13-18(26(3,4)5)23(31)19(14-17)27(6,7)8/h9-14,22,31H,1-8H3,(H,29,32)(H2,28,30,33)/t22-/m1/s1. The molecule has 1 aliphatic heterocycles. The van der Waals surface area contributed by atoms with Gasteiger partial charge < -0.3 is 21.1 Å². The van der Waals surface area contributed by atoms with Gasteiger partial charge in [-0.1, -0.05) is 59.7 Å². The van der Waals surface area contributed by atoms with Crippen molar-refractivity contribution in [2.75, 3.05) is 5.32 Å². The van der Waals surface area contributed by atoms with Gasteiger partial charge in [0.2, 0.25) is 0 Å². The largest absolute Gasteiger partial charge is 0.507 e. The first kappa shape index (κ1) is 24.8. The summed E-state index contributed by atoms with van der Waals surface area (Å²) < 4.78 is 0. The molecule has 2 aromatic rings. The maximum atomic E-state index is 13.5. The van der Waals surface area contributed by atoms with Gasteiger partial charge in [0.05, 0.1) is 11.6 Å². The minimum absolute atomic E-state index is 0.197. The van der Waals surface area contributed by atoms with Crippen LogP contribution < -0.4 is 16.0 Å². The molecule has 6 heteroatoms. The van der Waals surface area contributed by atoms with Crippen LogP contribution in [0, 0.1) is 6.92 Å². The zero-order chi connectivity index (χ0) is 24.7. The van der Waals surface area contributed by atoms with Gasteiger partial charge in [-0.3, -0.25) is 4.79 Å². The molecule has 0 unspecified atom stereocenters. The van der Waals surface area contributed by atoms with Crippen LogP contribution in [0.3, 0.4) is 0 Å². The van der Waals surface area contributed by atoms with Crippen molar-refractivity contribution >= 4 is 28.9 Å². The number of hydrogen-bond acceptors (Lipinski definition) is 3. The number of allylic oxidation sites excluding steroid dienone is 1. The molecule has 5 nitrogen and oxygen atoms in total. The number of rotatable bonds is 3. The zero-order valence-corrected chi connectivity index (χ0v) is 21.6. The number of carbonyl (C=O) groups excluding carboxylic acids is 1. The summed E-state index contributed by atoms with van der Waals surface area (Å²) in [5.41, 5.74) is 5.04. The monoisotopic (exact) mass is 465 g/mol. The Morgan fingerprint density at radius 3 is 2.06 bits per heavy atom. The zero-order valence-electron chi connectivity index (χ0n) is 20.8. The van der Waals surface area contributed by atoms with E-state index in [1.165, 1.54) is 0 Å². The van der Waals surface area contributed by atoms with Crippen molar-refractivity contribution in [3.05, 3.63) is 69.9 Å². The fraction of sp³-hybridized carbons (Fsp3) is 0.407. The molecule has 0 aliphatic carbocycles. The number of thiocarbonyl (C=S) groups is 1. The van der Waals surface area contributed by atoms with Gasteiger partial charge in [0, 0.05) is 11.4 Å². The third-order valence-corrected chi connectivity index (χ3v) is 6.21. The Kier molecular flexibility index (Phi) is 6.62. The minimum Gasteiger partial charge on any atom is -0.507 e. The van der Waals surface area contributed by atoms with Crippen LogP contribution in [0.4, 0.5) is 5.69 Å². The summed E-state index contributed by atoms with van der Waals surface area (Å²) >= 11 is 5.45. The van der Waals surface area contributed by atoms with E-state index in [1.807, 2.05) is 50.2 Å². The predicted octanol–water partition coefficient (Wildman–Crippen LogP) is 5.73. The lowest BCUT2D eigenvalue weighted by atomic mass is 9.77. The first-order chi connectivity index (χ1) is 15.2. The number of nitrogens with one attached hydrogen (secondary N) is 3. The summed E-state index contributed by atoms with van der Waals surface area (Å²) in [6, 6.07) is 11.2. The highest BCUT2D eigenvalue weighted by Gasteiger charge is 2.34. The Hall–Kier alpha value is -2.86. The van der Waals surface area contributed by atoms with Crippen molar-refractivity contribution in [3.63, 3.8) is 0 Å². The number of benzene rings is 2. The SMILES string of the molecule is CC1=C(C(=O)Nc2ccccc2C)[C@@H](c2cc(C(C)(C)C)c(O)c(C(C)(C)C)c2)NC(=S)N1. The highest BCUT2D eigenvalue weighted by Crippen LogP contribution is 2.42. The highest BCUT2D eigenvalue weighted by atomic mass is 32.1. The predicted molar refractivity (Wildman–Crippen MR) is 140 cm³/mol. The van der Waals surface area contributed by atoms with Crippen molar-refractivity contribution in [2.45, 2.75) is 72.3 Å². The second-order valence-corrected chi connectivity index (χ2v) is 11.2. The van der Waals surface area contributed by atoms with E-state index in [-0.39, 0.29) is 16.7 Å². The highest BCUT2D eigenvalue weighted by molar-refractivity contribution is 7.80. The Morgan fingerprint density at radius 1 is 1.00 bits per heavy atom. The van der Waals surface area contributed by atoms with E-state index in [1.54, 1.807) is 0 Å². The average molecular weight is 466 g/mol. The average Bonchev–Trinajstić information content (AvgIpc) is 2.67. The van der Waals surface area contributed by atoms with Crippen LogP contribution in [0.2, 0.25) is 0 Å². The third kappa shape index (κ3) is 5.22. The molecular formula is C27H35N3O2S. The van der Waals surface area contributed by atoms with Gasteiger partial charge in [0.25, 0.3) is 5.91 Å². The lowest BCUT2D eigenvalue weighted by molar-refractivity contribution is -0.113. The Labute approximate surface area is 202 Å². The smallest absolute Gasteiger partial charge is 0.255 e. The van der Waals surface area contributed by atoms with Crippen LogP contribution in [-0.4, -0.2) is 16.1 Å². The van der Waals surface area contributed by atoms with Crippen molar-refractivity contribution in [1.29, 1.82) is 0 Å². The Balaban J connectivity index is 2.16. The number of aromatic hydroxyl groups is 1. The fourth-order valence-electron chi connectivity index (χ4n) is 4.11. The first-order valence-electron chi connectivity index (χ1n) is 11.2. The third-order valence-electron chi connectivity index (χ3n) is 5.99. The number of phenols is 1. The number of hydrogen-bond donors (Lipinski definition) is 4. The van der Waals surface area contributed by atoms with Gasteiger partial charge in [-0.15, -0.1) is 0 Å². The molecular weight excluding hydrogens is 430 g/mol. The lowest BCUT2D eigenvalue weighted by Crippen LogP contribution is -2.46. The summed E-state index contributed by atoms with van der Waals surface area (Å²) in [7, 11) is 0. The number of phenolic OH excluding ortho intramolecular Hbond substituents is 1. The quantitative estimate of drug-likeness (QED) is 0.436. The molecule has 33 heavy (non-hydrogen) atoms. The normalized spacial score (nSPS) is 16.8. The van der Waals surface area contributed by atoms with Crippen molar-refractivity contribution in [2.24, 2.45) is 0 Å². The van der Waals surface area contributed by atoms with E-state index >= 15 is 0 Å². The molecule has 2 aromatic carbocycles. The maximum Gasteiger partial charge on any atom is 0.255 e. The maximum absolute atomic E-state index is 13.5. The molecule has 0 aromatic heterocycles. The van der Waals surface area contributed by atoms with E-state index in [0.29, 0.717) is 22.1 Å². The number of aryl methyl sites for hydroxylation is 1. The molecule has 1 atom stereocenters. The molecule has 3 rings (SSSR count). The van der Waals surface area contributed by atoms with E-state index < -0.39 is 6.04 Å². The number of anilines is 1. The Bertz CT molecular complexity index is 1100. The molecule has 4 N–H and O–H groups in total. The van der Waals surface area contributed by atoms with Crippen LogP contribution >= 0.6 is 12.2 Å². The minimum atomic E-state index is -0.453. The molecule has 0 saturated heterocycles. The van der Waals surface area contributed by atoms with E-state index in [0.717, 1.165) is 27.9 Å². The number of carbonyl (C=O) groups is 1. The first-order valence-corrected chi connectivity index (χ1v) is 11.6. The summed E-state index contributed by atoms with van der Waals surface area (Å²) in [5.74, 6) is 0.110. The van der Waals surface area contributed by atoms with Crippen LogP contribution in [0.1, 0.15) is 76.8 Å². The van der Waals surface area contributed by atoms with Crippen molar-refractivity contribution in [3.8, 4) is 5.75 Å². The van der Waals surface area contributed by atoms with Crippen LogP contribution in [0.15, 0.2) is 47.7 Å². The molecule has 1 aliphatic rings. The van der Waals surface area contributed by atoms with E-state index in [2.05, 4.69) is 57.5 Å². The molecule has 176 valence electrons. The summed E-state index contributed by atoms with van der Waals surface area (Å²) in [5, 5.41) is 21.1. The van der Waals surface area contributed by atoms with Crippen molar-refractivity contribution < 1.29 is 9.90 Å². The topological polar surface area (TPSA) is 73.4 Å². The summed E-state index contributed by atoms with van der Waals surface area (Å²) in [6.07, 6.45) is 0. The van der Waals surface area contributed by atoms with Crippen molar-refractivity contribution in [1.82, 2.24) is 10.6 Å². The molecule has 0 saturated carbocycles. The molecule has 0 radical (unpaired) electrons. The van der Waals surface area contributed by atoms with Gasteiger partial charge in [-0.25, -0.2) is 0 Å². The number of para-hydroxylation sites is 1. The van der Waals surface area contributed by atoms with Crippen LogP contribution in [-0.2, 0) is 15.6 Å².